The highest BCUT2D eigenvalue weighted by atomic mass is 19.4. The van der Waals surface area contributed by atoms with Gasteiger partial charge in [-0.05, 0) is 41.5 Å². The second kappa shape index (κ2) is 4.52. The highest BCUT2D eigenvalue weighted by Gasteiger charge is 2.45. The van der Waals surface area contributed by atoms with E-state index in [2.05, 4.69) is 10.3 Å². The van der Waals surface area contributed by atoms with Crippen molar-refractivity contribution in [2.75, 3.05) is 13.1 Å². The summed E-state index contributed by atoms with van der Waals surface area (Å²) in [6.45, 7) is 1.36. The van der Waals surface area contributed by atoms with E-state index in [1.165, 1.54) is 6.20 Å². The molecular weight excluding hydrogens is 293 g/mol. The molecule has 22 heavy (non-hydrogen) atoms. The number of hydrogen-bond acceptors (Lipinski definition) is 3. The largest absolute Gasteiger partial charge is 0.454 e. The molecule has 1 aliphatic carbocycles. The highest BCUT2D eigenvalue weighted by molar-refractivity contribution is 6.12. The summed E-state index contributed by atoms with van der Waals surface area (Å²) in [7, 11) is 0. The number of carbonyl (C=O) groups is 1. The van der Waals surface area contributed by atoms with Crippen molar-refractivity contribution in [2.45, 2.75) is 24.4 Å². The monoisotopic (exact) mass is 306 g/mol. The molecule has 1 aromatic carbocycles. The fourth-order valence-electron chi connectivity index (χ4n) is 3.82. The van der Waals surface area contributed by atoms with Gasteiger partial charge in [0.15, 0.2) is 0 Å². The van der Waals surface area contributed by atoms with E-state index in [0.717, 1.165) is 18.5 Å². The normalized spacial score (nSPS) is 23.6. The molecule has 6 heteroatoms. The fraction of sp³-hybridized carbons (Fsp3) is 0.375. The Hall–Kier alpha value is -1.95. The van der Waals surface area contributed by atoms with Gasteiger partial charge in [0.2, 0.25) is 0 Å². The molecule has 2 bridgehead atoms. The van der Waals surface area contributed by atoms with Gasteiger partial charge in [-0.1, -0.05) is 6.07 Å². The van der Waals surface area contributed by atoms with Crippen LogP contribution in [0.25, 0.3) is 10.9 Å². The number of fused-ring (bicyclic) bond motifs is 6. The molecule has 3 nitrogen and oxygen atoms in total. The molecule has 1 aliphatic heterocycles. The van der Waals surface area contributed by atoms with Gasteiger partial charge in [0.05, 0.1) is 5.52 Å². The molecule has 2 atom stereocenters. The molecule has 2 unspecified atom stereocenters. The summed E-state index contributed by atoms with van der Waals surface area (Å²) in [4.78, 5) is 16.2. The lowest BCUT2D eigenvalue weighted by atomic mass is 9.90. The molecule has 1 fully saturated rings. The average Bonchev–Trinajstić information content (AvgIpc) is 2.74. The van der Waals surface area contributed by atoms with Crippen LogP contribution in [0.2, 0.25) is 0 Å². The van der Waals surface area contributed by atoms with Gasteiger partial charge >= 0.3 is 6.18 Å². The van der Waals surface area contributed by atoms with Crippen LogP contribution in [0.15, 0.2) is 24.4 Å². The number of pyridine rings is 1. The van der Waals surface area contributed by atoms with Crippen LogP contribution >= 0.6 is 0 Å². The first-order valence-electron chi connectivity index (χ1n) is 7.20. The number of halogens is 3. The van der Waals surface area contributed by atoms with Gasteiger partial charge in [0.1, 0.15) is 0 Å². The highest BCUT2D eigenvalue weighted by Crippen LogP contribution is 2.48. The summed E-state index contributed by atoms with van der Waals surface area (Å²) in [6, 6.07) is 4.98. The van der Waals surface area contributed by atoms with E-state index in [4.69, 9.17) is 0 Å². The van der Waals surface area contributed by atoms with Crippen LogP contribution in [0.5, 0.6) is 0 Å². The minimum absolute atomic E-state index is 0.0281. The maximum atomic E-state index is 13.1. The second-order valence-electron chi connectivity index (χ2n) is 5.94. The van der Waals surface area contributed by atoms with Crippen LogP contribution in [0.4, 0.5) is 13.2 Å². The van der Waals surface area contributed by atoms with Gasteiger partial charge < -0.3 is 5.32 Å². The molecule has 1 saturated heterocycles. The van der Waals surface area contributed by atoms with Crippen molar-refractivity contribution in [3.63, 3.8) is 0 Å². The van der Waals surface area contributed by atoms with Gasteiger partial charge in [-0.3, -0.25) is 9.78 Å². The number of hydrogen-bond donors (Lipinski definition) is 1. The predicted octanol–water partition coefficient (Wildman–Crippen LogP) is 3.15. The minimum atomic E-state index is -4.87. The third-order valence-corrected chi connectivity index (χ3v) is 4.66. The second-order valence-corrected chi connectivity index (χ2v) is 5.94. The molecule has 114 valence electrons. The Morgan fingerprint density at radius 2 is 2.05 bits per heavy atom. The SMILES string of the molecule is O=C(c1c2c(cc3ncccc13)C1CNCC2C1)C(F)(F)F. The zero-order chi connectivity index (χ0) is 15.5. The van der Waals surface area contributed by atoms with Crippen LogP contribution in [0.1, 0.15) is 39.7 Å². The Balaban J connectivity index is 2.07. The maximum absolute atomic E-state index is 13.1. The maximum Gasteiger partial charge on any atom is 0.454 e. The van der Waals surface area contributed by atoms with Crippen molar-refractivity contribution >= 4 is 16.7 Å². The van der Waals surface area contributed by atoms with Crippen LogP contribution in [0, 0.1) is 0 Å². The Morgan fingerprint density at radius 1 is 1.27 bits per heavy atom. The number of benzene rings is 1. The van der Waals surface area contributed by atoms with Gasteiger partial charge in [-0.2, -0.15) is 13.2 Å². The Labute approximate surface area is 124 Å². The van der Waals surface area contributed by atoms with Crippen molar-refractivity contribution in [1.82, 2.24) is 10.3 Å². The molecule has 2 heterocycles. The number of Topliss-reactive ketones (excluding diaryl/α,β-unsaturated/α-hetero) is 1. The molecule has 0 amide bonds. The van der Waals surface area contributed by atoms with Crippen molar-refractivity contribution in [3.05, 3.63) is 41.1 Å². The lowest BCUT2D eigenvalue weighted by molar-refractivity contribution is -0.0884. The number of nitrogens with zero attached hydrogens (tertiary/aromatic N) is 1. The zero-order valence-corrected chi connectivity index (χ0v) is 11.6. The standard InChI is InChI=1S/C16H13F3N2O/c17-16(18,19)15(22)14-10-2-1-3-21-12(10)5-11-8-4-9(13(11)14)7-20-6-8/h1-3,5,8-9,20H,4,6-7H2. The molecule has 4 rings (SSSR count). The third-order valence-electron chi connectivity index (χ3n) is 4.66. The summed E-state index contributed by atoms with van der Waals surface area (Å²) >= 11 is 0. The van der Waals surface area contributed by atoms with Crippen molar-refractivity contribution in [2.24, 2.45) is 0 Å². The van der Waals surface area contributed by atoms with Gasteiger partial charge in [0.25, 0.3) is 5.78 Å². The van der Waals surface area contributed by atoms with E-state index < -0.39 is 12.0 Å². The number of alkyl halides is 3. The Bertz CT molecular complexity index is 785. The Morgan fingerprint density at radius 3 is 2.82 bits per heavy atom. The lowest BCUT2D eigenvalue weighted by Crippen LogP contribution is -2.29. The van der Waals surface area contributed by atoms with E-state index in [0.29, 0.717) is 23.0 Å². The summed E-state index contributed by atoms with van der Waals surface area (Å²) in [5.41, 5.74) is 1.71. The molecule has 0 radical (unpaired) electrons. The number of carbonyl (C=O) groups excluding carboxylic acids is 1. The number of ketones is 1. The first kappa shape index (κ1) is 13.7. The summed E-state index contributed by atoms with van der Waals surface area (Å²) in [5, 5.41) is 3.54. The van der Waals surface area contributed by atoms with E-state index in [1.807, 2.05) is 6.07 Å². The Kier molecular flexibility index (Phi) is 2.81. The molecule has 1 N–H and O–H groups in total. The van der Waals surface area contributed by atoms with Crippen LogP contribution in [-0.4, -0.2) is 30.0 Å². The molecular formula is C16H13F3N2O. The zero-order valence-electron chi connectivity index (χ0n) is 11.6. The molecule has 0 spiro atoms. The summed E-state index contributed by atoms with van der Waals surface area (Å²) < 4.78 is 39.3. The van der Waals surface area contributed by atoms with Gasteiger partial charge in [0, 0.05) is 30.2 Å². The van der Waals surface area contributed by atoms with Crippen molar-refractivity contribution < 1.29 is 18.0 Å². The van der Waals surface area contributed by atoms with Crippen molar-refractivity contribution in [1.29, 1.82) is 0 Å². The molecule has 0 saturated carbocycles. The quantitative estimate of drug-likeness (QED) is 0.823. The average molecular weight is 306 g/mol. The number of piperidine rings is 1. The molecule has 1 aromatic heterocycles. The van der Waals surface area contributed by atoms with E-state index in [-0.39, 0.29) is 17.4 Å². The first-order chi connectivity index (χ1) is 10.5. The van der Waals surface area contributed by atoms with Crippen LogP contribution < -0.4 is 5.32 Å². The third kappa shape index (κ3) is 1.86. The number of rotatable bonds is 1. The van der Waals surface area contributed by atoms with E-state index in [9.17, 15) is 18.0 Å². The minimum Gasteiger partial charge on any atom is -0.316 e. The molecule has 2 aromatic rings. The lowest BCUT2D eigenvalue weighted by Gasteiger charge is -2.20. The number of nitrogens with one attached hydrogen (secondary N) is 1. The van der Waals surface area contributed by atoms with E-state index >= 15 is 0 Å². The predicted molar refractivity (Wildman–Crippen MR) is 75.1 cm³/mol. The van der Waals surface area contributed by atoms with Gasteiger partial charge in [-0.25, -0.2) is 0 Å². The first-order valence-corrected chi connectivity index (χ1v) is 7.20. The van der Waals surface area contributed by atoms with Crippen LogP contribution in [0.3, 0.4) is 0 Å². The molecule has 2 aliphatic rings. The van der Waals surface area contributed by atoms with Gasteiger partial charge in [-0.15, -0.1) is 0 Å². The van der Waals surface area contributed by atoms with Crippen LogP contribution in [-0.2, 0) is 0 Å². The van der Waals surface area contributed by atoms with Crippen molar-refractivity contribution in [3.8, 4) is 0 Å². The number of aromatic nitrogens is 1. The van der Waals surface area contributed by atoms with E-state index in [1.54, 1.807) is 12.1 Å². The topological polar surface area (TPSA) is 42.0 Å². The summed E-state index contributed by atoms with van der Waals surface area (Å²) in [5.74, 6) is -1.62. The summed E-state index contributed by atoms with van der Waals surface area (Å²) in [6.07, 6.45) is -2.53. The smallest absolute Gasteiger partial charge is 0.316 e. The fourth-order valence-corrected chi connectivity index (χ4v) is 3.82.